The zero-order valence-electron chi connectivity index (χ0n) is 40.8. The fraction of sp³-hybridized carbons (Fsp3) is 0.944. The van der Waals surface area contributed by atoms with Crippen molar-refractivity contribution in [2.75, 3.05) is 13.2 Å². The van der Waals surface area contributed by atoms with Gasteiger partial charge in [0.05, 0.1) is 0 Å². The molecule has 356 valence electrons. The van der Waals surface area contributed by atoms with Crippen molar-refractivity contribution in [2.45, 2.75) is 316 Å². The third kappa shape index (κ3) is 47.5. The van der Waals surface area contributed by atoms with Crippen LogP contribution in [0.15, 0.2) is 0 Å². The topological polar surface area (TPSA) is 78.9 Å². The summed E-state index contributed by atoms with van der Waals surface area (Å²) in [5, 5.41) is 0. The molecule has 0 N–H and O–H groups in total. The van der Waals surface area contributed by atoms with Gasteiger partial charge in [0.25, 0.3) is 0 Å². The first-order chi connectivity index (χ1) is 29.5. The fourth-order valence-corrected chi connectivity index (χ4v) is 8.27. The largest absolute Gasteiger partial charge is 0.462 e. The van der Waals surface area contributed by atoms with Gasteiger partial charge < -0.3 is 14.2 Å². The maximum atomic E-state index is 12.8. The fourth-order valence-electron chi connectivity index (χ4n) is 8.27. The standard InChI is InChI=1S/C54H104O6/c1-4-7-10-13-16-18-20-22-24-26-28-30-32-34-36-39-42-45-48-54(57)60-51(49-58-52(55)46-43-40-37-15-12-9-6-3)50-59-53(56)47-44-41-38-35-33-31-29-27-25-23-21-19-17-14-11-8-5-2/h51H,4-50H2,1-3H3/t51-/m0/s1. The first-order valence-corrected chi connectivity index (χ1v) is 27.0. The van der Waals surface area contributed by atoms with E-state index in [1.165, 1.54) is 212 Å². The SMILES string of the molecule is CCCCCCCCCCCCCCCCCCCCC(=O)O[C@@H](COC(=O)CCCCCCCCC)COC(=O)CCCCCCCCCCCCCCCCCCC. The summed E-state index contributed by atoms with van der Waals surface area (Å²) in [4.78, 5) is 37.8. The molecule has 0 fully saturated rings. The van der Waals surface area contributed by atoms with E-state index in [0.29, 0.717) is 19.3 Å². The summed E-state index contributed by atoms with van der Waals surface area (Å²) >= 11 is 0. The summed E-state index contributed by atoms with van der Waals surface area (Å²) in [6.45, 7) is 6.65. The maximum absolute atomic E-state index is 12.8. The predicted octanol–water partition coefficient (Wildman–Crippen LogP) is 17.6. The van der Waals surface area contributed by atoms with E-state index in [1.54, 1.807) is 0 Å². The zero-order chi connectivity index (χ0) is 43.7. The van der Waals surface area contributed by atoms with E-state index in [0.717, 1.165) is 57.8 Å². The third-order valence-corrected chi connectivity index (χ3v) is 12.4. The Morgan fingerprint density at radius 3 is 0.667 bits per heavy atom. The number of carbonyl (C=O) groups excluding carboxylic acids is 3. The monoisotopic (exact) mass is 849 g/mol. The lowest BCUT2D eigenvalue weighted by atomic mass is 10.0. The molecule has 60 heavy (non-hydrogen) atoms. The minimum absolute atomic E-state index is 0.0621. The van der Waals surface area contributed by atoms with Crippen molar-refractivity contribution in [1.82, 2.24) is 0 Å². The van der Waals surface area contributed by atoms with Crippen molar-refractivity contribution in [2.24, 2.45) is 0 Å². The summed E-state index contributed by atoms with van der Waals surface area (Å²) < 4.78 is 16.8. The van der Waals surface area contributed by atoms with E-state index in [4.69, 9.17) is 14.2 Å². The molecular formula is C54H104O6. The number of unbranched alkanes of at least 4 members (excludes halogenated alkanes) is 39. The van der Waals surface area contributed by atoms with Crippen molar-refractivity contribution < 1.29 is 28.6 Å². The molecule has 0 aromatic carbocycles. The van der Waals surface area contributed by atoms with Gasteiger partial charge in [-0.25, -0.2) is 0 Å². The third-order valence-electron chi connectivity index (χ3n) is 12.4. The second-order valence-corrected chi connectivity index (χ2v) is 18.5. The molecule has 0 aliphatic heterocycles. The van der Waals surface area contributed by atoms with Gasteiger partial charge in [0, 0.05) is 19.3 Å². The van der Waals surface area contributed by atoms with E-state index >= 15 is 0 Å². The van der Waals surface area contributed by atoms with Crippen LogP contribution in [-0.2, 0) is 28.6 Å². The molecule has 0 amide bonds. The van der Waals surface area contributed by atoms with Crippen molar-refractivity contribution in [3.05, 3.63) is 0 Å². The van der Waals surface area contributed by atoms with Crippen LogP contribution in [-0.4, -0.2) is 37.2 Å². The maximum Gasteiger partial charge on any atom is 0.306 e. The number of esters is 3. The smallest absolute Gasteiger partial charge is 0.306 e. The van der Waals surface area contributed by atoms with Gasteiger partial charge in [-0.05, 0) is 19.3 Å². The average molecular weight is 849 g/mol. The van der Waals surface area contributed by atoms with Crippen LogP contribution >= 0.6 is 0 Å². The lowest BCUT2D eigenvalue weighted by molar-refractivity contribution is -0.167. The van der Waals surface area contributed by atoms with Crippen molar-refractivity contribution in [3.63, 3.8) is 0 Å². The van der Waals surface area contributed by atoms with Crippen LogP contribution in [0, 0.1) is 0 Å². The number of ether oxygens (including phenoxy) is 3. The van der Waals surface area contributed by atoms with Crippen LogP contribution in [0.4, 0.5) is 0 Å². The minimum atomic E-state index is -0.759. The molecule has 0 aromatic rings. The van der Waals surface area contributed by atoms with Gasteiger partial charge in [-0.3, -0.25) is 14.4 Å². The van der Waals surface area contributed by atoms with Gasteiger partial charge in [-0.1, -0.05) is 271 Å². The molecule has 0 bridgehead atoms. The first kappa shape index (κ1) is 58.4. The molecular weight excluding hydrogens is 745 g/mol. The number of carbonyl (C=O) groups is 3. The molecule has 0 spiro atoms. The van der Waals surface area contributed by atoms with Gasteiger partial charge in [0.1, 0.15) is 13.2 Å². The Balaban J connectivity index is 4.16. The van der Waals surface area contributed by atoms with Crippen LogP contribution in [0.25, 0.3) is 0 Å². The Morgan fingerprint density at radius 2 is 0.450 bits per heavy atom. The molecule has 0 radical (unpaired) electrons. The minimum Gasteiger partial charge on any atom is -0.462 e. The van der Waals surface area contributed by atoms with Crippen LogP contribution in [0.1, 0.15) is 310 Å². The van der Waals surface area contributed by atoms with Crippen molar-refractivity contribution >= 4 is 17.9 Å². The summed E-state index contributed by atoms with van der Waals surface area (Å²) in [5.41, 5.74) is 0. The van der Waals surface area contributed by atoms with Gasteiger partial charge in [0.2, 0.25) is 0 Å². The number of hydrogen-bond donors (Lipinski definition) is 0. The second kappa shape index (κ2) is 50.1. The molecule has 0 aliphatic rings. The molecule has 0 unspecified atom stereocenters. The van der Waals surface area contributed by atoms with Gasteiger partial charge >= 0.3 is 17.9 Å². The zero-order valence-corrected chi connectivity index (χ0v) is 40.8. The van der Waals surface area contributed by atoms with E-state index in [-0.39, 0.29) is 31.1 Å². The summed E-state index contributed by atoms with van der Waals surface area (Å²) in [7, 11) is 0. The first-order valence-electron chi connectivity index (χ1n) is 27.0. The van der Waals surface area contributed by atoms with E-state index in [9.17, 15) is 14.4 Å². The Hall–Kier alpha value is -1.59. The van der Waals surface area contributed by atoms with Crippen molar-refractivity contribution in [1.29, 1.82) is 0 Å². The Bertz CT molecular complexity index is 889. The highest BCUT2D eigenvalue weighted by Crippen LogP contribution is 2.17. The molecule has 1 atom stereocenters. The molecule has 6 nitrogen and oxygen atoms in total. The van der Waals surface area contributed by atoms with E-state index < -0.39 is 6.10 Å². The van der Waals surface area contributed by atoms with Gasteiger partial charge in [0.15, 0.2) is 6.10 Å². The number of hydrogen-bond acceptors (Lipinski definition) is 6. The highest BCUT2D eigenvalue weighted by Gasteiger charge is 2.19. The van der Waals surface area contributed by atoms with E-state index in [1.807, 2.05) is 0 Å². The lowest BCUT2D eigenvalue weighted by Crippen LogP contribution is -2.30. The van der Waals surface area contributed by atoms with Crippen LogP contribution in [0.5, 0.6) is 0 Å². The summed E-state index contributed by atoms with van der Waals surface area (Å²) in [6, 6.07) is 0. The van der Waals surface area contributed by atoms with Crippen molar-refractivity contribution in [3.8, 4) is 0 Å². The molecule has 0 saturated carbocycles. The summed E-state index contributed by atoms with van der Waals surface area (Å²) in [6.07, 6.45) is 53.9. The van der Waals surface area contributed by atoms with Crippen LogP contribution in [0.2, 0.25) is 0 Å². The number of rotatable bonds is 50. The lowest BCUT2D eigenvalue weighted by Gasteiger charge is -2.18. The van der Waals surface area contributed by atoms with Gasteiger partial charge in [-0.15, -0.1) is 0 Å². The predicted molar refractivity (Wildman–Crippen MR) is 257 cm³/mol. The Kier molecular flexibility index (Phi) is 48.7. The Morgan fingerprint density at radius 1 is 0.267 bits per heavy atom. The molecule has 0 aromatic heterocycles. The van der Waals surface area contributed by atoms with E-state index in [2.05, 4.69) is 20.8 Å². The highest BCUT2D eigenvalue weighted by molar-refractivity contribution is 5.71. The molecule has 0 heterocycles. The normalized spacial score (nSPS) is 11.8. The Labute approximate surface area is 374 Å². The second-order valence-electron chi connectivity index (χ2n) is 18.5. The quantitative estimate of drug-likeness (QED) is 0.0345. The molecule has 6 heteroatoms. The van der Waals surface area contributed by atoms with Crippen LogP contribution < -0.4 is 0 Å². The summed E-state index contributed by atoms with van der Waals surface area (Å²) in [5.74, 6) is -0.846. The van der Waals surface area contributed by atoms with Gasteiger partial charge in [-0.2, -0.15) is 0 Å². The molecule has 0 aliphatic carbocycles. The molecule has 0 saturated heterocycles. The highest BCUT2D eigenvalue weighted by atomic mass is 16.6. The van der Waals surface area contributed by atoms with Crippen LogP contribution in [0.3, 0.4) is 0 Å². The average Bonchev–Trinajstić information content (AvgIpc) is 3.24. The molecule has 0 rings (SSSR count).